The Morgan fingerprint density at radius 1 is 1.35 bits per heavy atom. The Bertz CT molecular complexity index is 555. The van der Waals surface area contributed by atoms with Crippen molar-refractivity contribution in [3.05, 3.63) is 47.7 Å². The van der Waals surface area contributed by atoms with Gasteiger partial charge in [-0.05, 0) is 24.6 Å². The largest absolute Gasteiger partial charge is 0.478 e. The molecule has 0 saturated heterocycles. The van der Waals surface area contributed by atoms with E-state index in [9.17, 15) is 4.79 Å². The van der Waals surface area contributed by atoms with Crippen LogP contribution < -0.4 is 5.32 Å². The minimum atomic E-state index is -1.02. The normalized spacial score (nSPS) is 9.94. The van der Waals surface area contributed by atoms with Crippen molar-refractivity contribution >= 4 is 17.5 Å². The maximum Gasteiger partial charge on any atom is 0.337 e. The second-order valence-corrected chi connectivity index (χ2v) is 3.57. The molecule has 0 saturated carbocycles. The average Bonchev–Trinajstić information content (AvgIpc) is 2.32. The topological polar surface area (TPSA) is 75.1 Å². The number of anilines is 2. The van der Waals surface area contributed by atoms with Gasteiger partial charge in [0.15, 0.2) is 5.82 Å². The maximum atomic E-state index is 10.8. The number of hydrogen-bond acceptors (Lipinski definition) is 4. The molecule has 1 heterocycles. The molecular weight excluding hydrogens is 218 g/mol. The maximum absolute atomic E-state index is 10.8. The summed E-state index contributed by atoms with van der Waals surface area (Å²) in [7, 11) is 0. The van der Waals surface area contributed by atoms with Gasteiger partial charge in [-0.1, -0.05) is 18.2 Å². The highest BCUT2D eigenvalue weighted by Gasteiger charge is 2.06. The number of carbonyl (C=O) groups is 1. The Balaban J connectivity index is 2.28. The first-order valence-corrected chi connectivity index (χ1v) is 5.05. The van der Waals surface area contributed by atoms with Crippen molar-refractivity contribution in [3.8, 4) is 0 Å². The van der Waals surface area contributed by atoms with E-state index in [-0.39, 0.29) is 5.56 Å². The monoisotopic (exact) mass is 229 g/mol. The SMILES string of the molecule is Cc1ccccc1Nc1cc(C(=O)O)cnn1. The van der Waals surface area contributed by atoms with Crippen LogP contribution in [0.5, 0.6) is 0 Å². The van der Waals surface area contributed by atoms with Gasteiger partial charge in [-0.3, -0.25) is 0 Å². The number of carboxylic acids is 1. The molecular formula is C12H11N3O2. The number of para-hydroxylation sites is 1. The predicted octanol–water partition coefficient (Wildman–Crippen LogP) is 2.23. The van der Waals surface area contributed by atoms with E-state index in [1.807, 2.05) is 31.2 Å². The molecule has 0 aliphatic rings. The highest BCUT2D eigenvalue weighted by atomic mass is 16.4. The molecule has 0 radical (unpaired) electrons. The molecule has 0 aliphatic carbocycles. The molecule has 5 nitrogen and oxygen atoms in total. The summed E-state index contributed by atoms with van der Waals surface area (Å²) in [4.78, 5) is 10.8. The molecule has 2 N–H and O–H groups in total. The van der Waals surface area contributed by atoms with Crippen molar-refractivity contribution in [2.75, 3.05) is 5.32 Å². The van der Waals surface area contributed by atoms with Gasteiger partial charge in [0.2, 0.25) is 0 Å². The average molecular weight is 229 g/mol. The Morgan fingerprint density at radius 3 is 2.82 bits per heavy atom. The molecule has 0 unspecified atom stereocenters. The molecule has 0 fully saturated rings. The summed E-state index contributed by atoms with van der Waals surface area (Å²) in [6, 6.07) is 9.12. The summed E-state index contributed by atoms with van der Waals surface area (Å²) in [5, 5.41) is 19.3. The highest BCUT2D eigenvalue weighted by molar-refractivity contribution is 5.88. The zero-order valence-corrected chi connectivity index (χ0v) is 9.21. The fourth-order valence-electron chi connectivity index (χ4n) is 1.40. The van der Waals surface area contributed by atoms with Crippen molar-refractivity contribution in [1.29, 1.82) is 0 Å². The van der Waals surface area contributed by atoms with Crippen molar-refractivity contribution in [3.63, 3.8) is 0 Å². The predicted molar refractivity (Wildman–Crippen MR) is 63.5 cm³/mol. The van der Waals surface area contributed by atoms with E-state index >= 15 is 0 Å². The van der Waals surface area contributed by atoms with Crippen LogP contribution in [0.4, 0.5) is 11.5 Å². The van der Waals surface area contributed by atoms with E-state index in [4.69, 9.17) is 5.11 Å². The van der Waals surface area contributed by atoms with Crippen LogP contribution in [0.2, 0.25) is 0 Å². The first-order valence-electron chi connectivity index (χ1n) is 5.05. The summed E-state index contributed by atoms with van der Waals surface area (Å²) < 4.78 is 0. The first kappa shape index (κ1) is 11.1. The number of rotatable bonds is 3. The molecule has 0 aliphatic heterocycles. The first-order chi connectivity index (χ1) is 8.16. The fraction of sp³-hybridized carbons (Fsp3) is 0.0833. The third kappa shape index (κ3) is 2.57. The second kappa shape index (κ2) is 4.61. The Kier molecular flexibility index (Phi) is 3.00. The van der Waals surface area contributed by atoms with E-state index in [2.05, 4.69) is 15.5 Å². The number of hydrogen-bond donors (Lipinski definition) is 2. The van der Waals surface area contributed by atoms with Crippen molar-refractivity contribution in [2.45, 2.75) is 6.92 Å². The molecule has 2 rings (SSSR count). The Hall–Kier alpha value is -2.43. The Morgan fingerprint density at radius 2 is 2.12 bits per heavy atom. The van der Waals surface area contributed by atoms with Gasteiger partial charge in [0.25, 0.3) is 0 Å². The van der Waals surface area contributed by atoms with Gasteiger partial charge >= 0.3 is 5.97 Å². The van der Waals surface area contributed by atoms with E-state index in [1.165, 1.54) is 12.3 Å². The molecule has 2 aromatic rings. The molecule has 0 atom stereocenters. The lowest BCUT2D eigenvalue weighted by Crippen LogP contribution is -2.02. The quantitative estimate of drug-likeness (QED) is 0.844. The molecule has 17 heavy (non-hydrogen) atoms. The summed E-state index contributed by atoms with van der Waals surface area (Å²) in [5.74, 6) is -0.605. The lowest BCUT2D eigenvalue weighted by Gasteiger charge is -2.07. The van der Waals surface area contributed by atoms with Crippen molar-refractivity contribution < 1.29 is 9.90 Å². The minimum Gasteiger partial charge on any atom is -0.478 e. The van der Waals surface area contributed by atoms with Crippen molar-refractivity contribution in [1.82, 2.24) is 10.2 Å². The van der Waals surface area contributed by atoms with Crippen LogP contribution in [0, 0.1) is 6.92 Å². The van der Waals surface area contributed by atoms with Gasteiger partial charge < -0.3 is 10.4 Å². The lowest BCUT2D eigenvalue weighted by atomic mass is 10.2. The minimum absolute atomic E-state index is 0.107. The number of carboxylic acid groups (broad SMARTS) is 1. The van der Waals surface area contributed by atoms with E-state index in [0.717, 1.165) is 11.3 Å². The van der Waals surface area contributed by atoms with Gasteiger partial charge in [-0.2, -0.15) is 5.10 Å². The molecule has 0 spiro atoms. The van der Waals surface area contributed by atoms with Gasteiger partial charge in [0.05, 0.1) is 11.8 Å². The van der Waals surface area contributed by atoms with Crippen LogP contribution >= 0.6 is 0 Å². The number of aromatic nitrogens is 2. The van der Waals surface area contributed by atoms with Crippen molar-refractivity contribution in [2.24, 2.45) is 0 Å². The van der Waals surface area contributed by atoms with Gasteiger partial charge in [0, 0.05) is 5.69 Å². The molecule has 0 bridgehead atoms. The zero-order valence-electron chi connectivity index (χ0n) is 9.21. The van der Waals surface area contributed by atoms with Crippen LogP contribution in [0.3, 0.4) is 0 Å². The van der Waals surface area contributed by atoms with Crippen LogP contribution in [0.1, 0.15) is 15.9 Å². The number of aryl methyl sites for hydroxylation is 1. The second-order valence-electron chi connectivity index (χ2n) is 3.57. The highest BCUT2D eigenvalue weighted by Crippen LogP contribution is 2.18. The zero-order chi connectivity index (χ0) is 12.3. The van der Waals surface area contributed by atoms with Crippen LogP contribution in [0.25, 0.3) is 0 Å². The Labute approximate surface area is 98.1 Å². The summed E-state index contributed by atoms with van der Waals surface area (Å²) in [6.07, 6.45) is 1.21. The molecule has 1 aromatic heterocycles. The van der Waals surface area contributed by atoms with Crippen LogP contribution in [-0.2, 0) is 0 Å². The van der Waals surface area contributed by atoms with Crippen LogP contribution in [0.15, 0.2) is 36.5 Å². The van der Waals surface area contributed by atoms with Gasteiger partial charge in [-0.15, -0.1) is 5.10 Å². The summed E-state index contributed by atoms with van der Waals surface area (Å²) in [6.45, 7) is 1.96. The number of nitrogens with zero attached hydrogens (tertiary/aromatic N) is 2. The molecule has 0 amide bonds. The smallest absolute Gasteiger partial charge is 0.337 e. The van der Waals surface area contributed by atoms with E-state index in [1.54, 1.807) is 0 Å². The third-order valence-corrected chi connectivity index (χ3v) is 2.31. The van der Waals surface area contributed by atoms with Crippen LogP contribution in [-0.4, -0.2) is 21.3 Å². The fourth-order valence-corrected chi connectivity index (χ4v) is 1.40. The number of nitrogens with one attached hydrogen (secondary N) is 1. The third-order valence-electron chi connectivity index (χ3n) is 2.31. The van der Waals surface area contributed by atoms with Gasteiger partial charge in [0.1, 0.15) is 0 Å². The molecule has 1 aromatic carbocycles. The lowest BCUT2D eigenvalue weighted by molar-refractivity contribution is 0.0696. The van der Waals surface area contributed by atoms with E-state index < -0.39 is 5.97 Å². The standard InChI is InChI=1S/C12H11N3O2/c1-8-4-2-3-5-10(8)14-11-6-9(12(16)17)7-13-15-11/h2-7H,1H3,(H,14,15)(H,16,17). The molecule has 86 valence electrons. The number of benzene rings is 1. The summed E-state index contributed by atoms with van der Waals surface area (Å²) >= 11 is 0. The number of aromatic carboxylic acids is 1. The summed E-state index contributed by atoms with van der Waals surface area (Å²) in [5.41, 5.74) is 2.04. The molecule has 5 heteroatoms. The van der Waals surface area contributed by atoms with E-state index in [0.29, 0.717) is 5.82 Å². The van der Waals surface area contributed by atoms with Gasteiger partial charge in [-0.25, -0.2) is 4.79 Å².